The Bertz CT molecular complexity index is 907. The van der Waals surface area contributed by atoms with Crippen molar-refractivity contribution < 1.29 is 9.59 Å². The van der Waals surface area contributed by atoms with Gasteiger partial charge in [0, 0.05) is 42.7 Å². The van der Waals surface area contributed by atoms with Crippen molar-refractivity contribution >= 4 is 28.3 Å². The molecule has 0 unspecified atom stereocenters. The number of aromatic nitrogens is 1. The second kappa shape index (κ2) is 7.34. The van der Waals surface area contributed by atoms with Crippen LogP contribution in [0.5, 0.6) is 0 Å². The van der Waals surface area contributed by atoms with Crippen molar-refractivity contribution in [2.75, 3.05) is 5.32 Å². The van der Waals surface area contributed by atoms with Gasteiger partial charge in [0.1, 0.15) is 0 Å². The molecule has 0 aliphatic heterocycles. The zero-order valence-electron chi connectivity index (χ0n) is 14.6. The summed E-state index contributed by atoms with van der Waals surface area (Å²) < 4.78 is 1.68. The van der Waals surface area contributed by atoms with E-state index in [4.69, 9.17) is 0 Å². The van der Waals surface area contributed by atoms with Crippen LogP contribution in [0.1, 0.15) is 47.4 Å². The summed E-state index contributed by atoms with van der Waals surface area (Å²) >= 11 is 0. The Hall–Kier alpha value is -2.88. The fourth-order valence-corrected chi connectivity index (χ4v) is 2.99. The van der Waals surface area contributed by atoms with Gasteiger partial charge in [0.25, 0.3) is 0 Å². The fraction of sp³-hybridized carbons (Fsp3) is 0.238. The number of nitrogens with zero attached hydrogens (tertiary/aromatic N) is 1. The number of benzene rings is 2. The molecule has 0 amide bonds. The van der Waals surface area contributed by atoms with Gasteiger partial charge < -0.3 is 5.32 Å². The van der Waals surface area contributed by atoms with Gasteiger partial charge in [-0.3, -0.25) is 14.2 Å². The number of hydrogen-bond donors (Lipinski definition) is 1. The molecule has 0 aliphatic rings. The molecule has 0 radical (unpaired) electrons. The number of ketones is 1. The summed E-state index contributed by atoms with van der Waals surface area (Å²) in [6, 6.07) is 15.5. The number of carbonyl (C=O) groups excluding carboxylic acids is 2. The monoisotopic (exact) mass is 334 g/mol. The third kappa shape index (κ3) is 3.63. The van der Waals surface area contributed by atoms with Crippen LogP contribution < -0.4 is 5.32 Å². The highest BCUT2D eigenvalue weighted by molar-refractivity contribution is 5.96. The molecule has 3 rings (SSSR count). The van der Waals surface area contributed by atoms with E-state index in [1.54, 1.807) is 11.5 Å². The molecule has 0 atom stereocenters. The van der Waals surface area contributed by atoms with E-state index in [9.17, 15) is 9.59 Å². The summed E-state index contributed by atoms with van der Waals surface area (Å²) in [7, 11) is 0. The Balaban J connectivity index is 1.77. The normalized spacial score (nSPS) is 10.8. The highest BCUT2D eigenvalue weighted by atomic mass is 16.1. The lowest BCUT2D eigenvalue weighted by atomic mass is 10.1. The highest BCUT2D eigenvalue weighted by Gasteiger charge is 2.10. The third-order valence-corrected chi connectivity index (χ3v) is 4.30. The Morgan fingerprint density at radius 2 is 1.76 bits per heavy atom. The van der Waals surface area contributed by atoms with E-state index in [0.717, 1.165) is 34.1 Å². The maximum Gasteiger partial charge on any atom is 0.227 e. The van der Waals surface area contributed by atoms with Crippen molar-refractivity contribution in [3.63, 3.8) is 0 Å². The van der Waals surface area contributed by atoms with Crippen molar-refractivity contribution in [2.24, 2.45) is 0 Å². The van der Waals surface area contributed by atoms with Crippen LogP contribution in [-0.2, 0) is 6.54 Å². The second-order valence-electron chi connectivity index (χ2n) is 6.16. The number of hydrogen-bond acceptors (Lipinski definition) is 3. The molecule has 0 spiro atoms. The summed E-state index contributed by atoms with van der Waals surface area (Å²) in [4.78, 5) is 23.7. The predicted octanol–water partition coefficient (Wildman–Crippen LogP) is 4.90. The van der Waals surface area contributed by atoms with Gasteiger partial charge in [0.15, 0.2) is 5.78 Å². The van der Waals surface area contributed by atoms with Crippen LogP contribution in [0.2, 0.25) is 0 Å². The van der Waals surface area contributed by atoms with Gasteiger partial charge in [-0.2, -0.15) is 0 Å². The maximum atomic E-state index is 11.9. The number of anilines is 1. The van der Waals surface area contributed by atoms with Gasteiger partial charge in [0.2, 0.25) is 5.91 Å². The molecule has 0 saturated heterocycles. The zero-order valence-corrected chi connectivity index (χ0v) is 14.6. The van der Waals surface area contributed by atoms with E-state index in [2.05, 4.69) is 5.32 Å². The van der Waals surface area contributed by atoms with Crippen molar-refractivity contribution in [3.05, 3.63) is 65.9 Å². The SMILES string of the molecule is CCCC(=O)c1ccc(NCc2cn(C(C)=O)c3ccccc23)cc1. The first-order valence-corrected chi connectivity index (χ1v) is 8.57. The summed E-state index contributed by atoms with van der Waals surface area (Å²) in [5.41, 5.74) is 3.69. The molecule has 1 aromatic heterocycles. The average molecular weight is 334 g/mol. The smallest absolute Gasteiger partial charge is 0.227 e. The minimum absolute atomic E-state index is 0.00115. The number of nitrogens with one attached hydrogen (secondary N) is 1. The lowest BCUT2D eigenvalue weighted by Gasteiger charge is -2.07. The molecule has 25 heavy (non-hydrogen) atoms. The van der Waals surface area contributed by atoms with E-state index in [1.807, 2.05) is 61.7 Å². The molecular formula is C21H22N2O2. The highest BCUT2D eigenvalue weighted by Crippen LogP contribution is 2.22. The second-order valence-corrected chi connectivity index (χ2v) is 6.16. The zero-order chi connectivity index (χ0) is 17.8. The van der Waals surface area contributed by atoms with Crippen LogP contribution >= 0.6 is 0 Å². The molecule has 0 saturated carbocycles. The number of rotatable bonds is 6. The quantitative estimate of drug-likeness (QED) is 0.653. The van der Waals surface area contributed by atoms with E-state index in [-0.39, 0.29) is 11.7 Å². The van der Waals surface area contributed by atoms with Gasteiger partial charge in [0.05, 0.1) is 5.52 Å². The van der Waals surface area contributed by atoms with Gasteiger partial charge >= 0.3 is 0 Å². The molecule has 1 N–H and O–H groups in total. The molecular weight excluding hydrogens is 312 g/mol. The van der Waals surface area contributed by atoms with E-state index in [1.165, 1.54) is 0 Å². The first-order chi connectivity index (χ1) is 12.1. The minimum Gasteiger partial charge on any atom is -0.381 e. The van der Waals surface area contributed by atoms with Crippen LogP contribution in [0.4, 0.5) is 5.69 Å². The van der Waals surface area contributed by atoms with Crippen LogP contribution in [-0.4, -0.2) is 16.3 Å². The van der Waals surface area contributed by atoms with Crippen LogP contribution in [0.3, 0.4) is 0 Å². The summed E-state index contributed by atoms with van der Waals surface area (Å²) in [6.07, 6.45) is 3.33. The summed E-state index contributed by atoms with van der Waals surface area (Å²) in [5, 5.41) is 4.44. The third-order valence-electron chi connectivity index (χ3n) is 4.30. The van der Waals surface area contributed by atoms with Crippen LogP contribution in [0, 0.1) is 0 Å². The summed E-state index contributed by atoms with van der Waals surface area (Å²) in [6.45, 7) is 4.18. The van der Waals surface area contributed by atoms with Crippen LogP contribution in [0.25, 0.3) is 10.9 Å². The van der Waals surface area contributed by atoms with Crippen molar-refractivity contribution in [2.45, 2.75) is 33.2 Å². The lowest BCUT2D eigenvalue weighted by molar-refractivity contribution is 0.0940. The standard InChI is InChI=1S/C21H22N2O2/c1-3-6-21(25)16-9-11-18(12-10-16)22-13-17-14-23(15(2)24)20-8-5-4-7-19(17)20/h4-5,7-12,14,22H,3,6,13H2,1-2H3. The number of fused-ring (bicyclic) bond motifs is 1. The topological polar surface area (TPSA) is 51.1 Å². The van der Waals surface area contributed by atoms with Gasteiger partial charge in [-0.1, -0.05) is 25.1 Å². The van der Waals surface area contributed by atoms with Crippen molar-refractivity contribution in [1.82, 2.24) is 4.57 Å². The van der Waals surface area contributed by atoms with E-state index < -0.39 is 0 Å². The maximum absolute atomic E-state index is 11.9. The van der Waals surface area contributed by atoms with Gasteiger partial charge in [-0.15, -0.1) is 0 Å². The molecule has 3 aromatic rings. The molecule has 4 nitrogen and oxygen atoms in total. The molecule has 128 valence electrons. The van der Waals surface area contributed by atoms with Crippen LogP contribution in [0.15, 0.2) is 54.7 Å². The molecule has 4 heteroatoms. The first-order valence-electron chi connectivity index (χ1n) is 8.57. The molecule has 0 fully saturated rings. The van der Waals surface area contributed by atoms with E-state index in [0.29, 0.717) is 13.0 Å². The predicted molar refractivity (Wildman–Crippen MR) is 101 cm³/mol. The largest absolute Gasteiger partial charge is 0.381 e. The molecule has 0 aliphatic carbocycles. The molecule has 2 aromatic carbocycles. The number of Topliss-reactive ketones (excluding diaryl/α,β-unsaturated/α-hetero) is 1. The Labute approximate surface area is 147 Å². The van der Waals surface area contributed by atoms with Crippen molar-refractivity contribution in [3.8, 4) is 0 Å². The molecule has 0 bridgehead atoms. The van der Waals surface area contributed by atoms with Gasteiger partial charge in [-0.25, -0.2) is 0 Å². The van der Waals surface area contributed by atoms with Gasteiger partial charge in [-0.05, 0) is 42.3 Å². The number of carbonyl (C=O) groups is 2. The first kappa shape index (κ1) is 17.0. The lowest BCUT2D eigenvalue weighted by Crippen LogP contribution is -2.03. The average Bonchev–Trinajstić information content (AvgIpc) is 3.00. The fourth-order valence-electron chi connectivity index (χ4n) is 2.99. The Morgan fingerprint density at radius 3 is 2.44 bits per heavy atom. The minimum atomic E-state index is 0.00115. The molecule has 1 heterocycles. The summed E-state index contributed by atoms with van der Waals surface area (Å²) in [5.74, 6) is 0.180. The Morgan fingerprint density at radius 1 is 1.04 bits per heavy atom. The van der Waals surface area contributed by atoms with E-state index >= 15 is 0 Å². The number of para-hydroxylation sites is 1. The Kier molecular flexibility index (Phi) is 4.98. The van der Waals surface area contributed by atoms with Crippen molar-refractivity contribution in [1.29, 1.82) is 0 Å².